The Morgan fingerprint density at radius 2 is 2.00 bits per heavy atom. The van der Waals surface area contributed by atoms with E-state index in [1.54, 1.807) is 0 Å². The number of nitrogens with two attached hydrogens (primary N) is 1. The van der Waals surface area contributed by atoms with Crippen LogP contribution in [-0.2, 0) is 4.79 Å². The monoisotopic (exact) mass is 246 g/mol. The summed E-state index contributed by atoms with van der Waals surface area (Å²) >= 11 is 0. The molecule has 3 heteroatoms. The van der Waals surface area contributed by atoms with Crippen LogP contribution in [0.3, 0.4) is 0 Å². The van der Waals surface area contributed by atoms with E-state index in [1.807, 2.05) is 13.8 Å². The summed E-state index contributed by atoms with van der Waals surface area (Å²) in [5.41, 5.74) is 8.87. The van der Waals surface area contributed by atoms with Gasteiger partial charge in [0.1, 0.15) is 6.04 Å². The van der Waals surface area contributed by atoms with E-state index in [0.717, 1.165) is 29.5 Å². The molecule has 98 valence electrons. The van der Waals surface area contributed by atoms with Crippen molar-refractivity contribution < 1.29 is 4.79 Å². The van der Waals surface area contributed by atoms with Gasteiger partial charge in [-0.3, -0.25) is 10.1 Å². The Labute approximate surface area is 109 Å². The van der Waals surface area contributed by atoms with Crippen LogP contribution in [0.2, 0.25) is 0 Å². The zero-order valence-electron chi connectivity index (χ0n) is 11.2. The number of rotatable bonds is 4. The first-order valence-corrected chi connectivity index (χ1v) is 6.70. The van der Waals surface area contributed by atoms with Crippen LogP contribution in [0.1, 0.15) is 48.4 Å². The molecule has 0 aromatic heterocycles. The molecule has 0 heterocycles. The Morgan fingerprint density at radius 3 is 2.61 bits per heavy atom. The highest BCUT2D eigenvalue weighted by molar-refractivity contribution is 5.82. The van der Waals surface area contributed by atoms with Crippen LogP contribution >= 0.6 is 0 Å². The first-order valence-electron chi connectivity index (χ1n) is 6.70. The van der Waals surface area contributed by atoms with E-state index in [2.05, 4.69) is 23.5 Å². The van der Waals surface area contributed by atoms with E-state index < -0.39 is 0 Å². The molecule has 0 spiro atoms. The Bertz CT molecular complexity index is 436. The number of carbonyl (C=O) groups is 1. The van der Waals surface area contributed by atoms with Gasteiger partial charge >= 0.3 is 0 Å². The van der Waals surface area contributed by atoms with Gasteiger partial charge in [-0.2, -0.15) is 0 Å². The number of nitrogens with one attached hydrogen (secondary N) is 1. The van der Waals surface area contributed by atoms with Crippen molar-refractivity contribution in [1.29, 1.82) is 0 Å². The Balaban J connectivity index is 2.23. The number of hydrogen-bond donors (Lipinski definition) is 2. The maximum absolute atomic E-state index is 11.7. The molecule has 0 radical (unpaired) electrons. The van der Waals surface area contributed by atoms with Gasteiger partial charge in [0.2, 0.25) is 5.91 Å². The zero-order valence-corrected chi connectivity index (χ0v) is 11.2. The highest BCUT2D eigenvalue weighted by Crippen LogP contribution is 2.24. The molecule has 1 saturated carbocycles. The highest BCUT2D eigenvalue weighted by Gasteiger charge is 2.25. The topological polar surface area (TPSA) is 55.1 Å². The van der Waals surface area contributed by atoms with E-state index >= 15 is 0 Å². The van der Waals surface area contributed by atoms with Gasteiger partial charge in [0.25, 0.3) is 0 Å². The molecular weight excluding hydrogens is 224 g/mol. The lowest BCUT2D eigenvalue weighted by Gasteiger charge is -2.22. The molecule has 0 saturated heterocycles. The lowest BCUT2D eigenvalue weighted by molar-refractivity contribution is -0.120. The lowest BCUT2D eigenvalue weighted by Crippen LogP contribution is -2.39. The summed E-state index contributed by atoms with van der Waals surface area (Å²) in [6.45, 7) is 4.07. The summed E-state index contributed by atoms with van der Waals surface area (Å²) in [6.07, 6.45) is 4.79. The van der Waals surface area contributed by atoms with Gasteiger partial charge in [0.05, 0.1) is 0 Å². The molecule has 1 aromatic rings. The van der Waals surface area contributed by atoms with Crippen molar-refractivity contribution in [2.75, 3.05) is 0 Å². The van der Waals surface area contributed by atoms with Gasteiger partial charge in [0, 0.05) is 6.04 Å². The van der Waals surface area contributed by atoms with Crippen LogP contribution in [0.4, 0.5) is 0 Å². The number of aryl methyl sites for hydroxylation is 2. The van der Waals surface area contributed by atoms with Gasteiger partial charge < -0.3 is 5.73 Å². The molecule has 1 atom stereocenters. The SMILES string of the molecule is Cc1ccc(C)c(C(NC2CCCC2)C(N)=O)c1. The third-order valence-corrected chi connectivity index (χ3v) is 3.79. The molecule has 0 aliphatic heterocycles. The number of carbonyl (C=O) groups excluding carboxylic acids is 1. The van der Waals surface area contributed by atoms with Crippen LogP contribution < -0.4 is 11.1 Å². The molecule has 2 rings (SSSR count). The molecule has 1 aromatic carbocycles. The van der Waals surface area contributed by atoms with Crippen molar-refractivity contribution in [3.8, 4) is 0 Å². The second kappa shape index (κ2) is 5.53. The summed E-state index contributed by atoms with van der Waals surface area (Å²) < 4.78 is 0. The third kappa shape index (κ3) is 2.91. The van der Waals surface area contributed by atoms with E-state index in [0.29, 0.717) is 6.04 Å². The van der Waals surface area contributed by atoms with Gasteiger partial charge in [-0.1, -0.05) is 36.6 Å². The summed E-state index contributed by atoms with van der Waals surface area (Å²) in [4.78, 5) is 11.7. The first-order chi connectivity index (χ1) is 8.58. The predicted molar refractivity (Wildman–Crippen MR) is 73.2 cm³/mol. The normalized spacial score (nSPS) is 17.9. The Morgan fingerprint density at radius 1 is 1.33 bits per heavy atom. The van der Waals surface area contributed by atoms with Crippen molar-refractivity contribution in [1.82, 2.24) is 5.32 Å². The fourth-order valence-corrected chi connectivity index (χ4v) is 2.72. The van der Waals surface area contributed by atoms with Crippen LogP contribution in [0.25, 0.3) is 0 Å². The van der Waals surface area contributed by atoms with Crippen molar-refractivity contribution in [3.05, 3.63) is 34.9 Å². The van der Waals surface area contributed by atoms with Gasteiger partial charge in [-0.05, 0) is 37.8 Å². The van der Waals surface area contributed by atoms with Crippen LogP contribution in [0, 0.1) is 13.8 Å². The Hall–Kier alpha value is -1.35. The van der Waals surface area contributed by atoms with Crippen LogP contribution in [-0.4, -0.2) is 11.9 Å². The van der Waals surface area contributed by atoms with E-state index in [4.69, 9.17) is 5.73 Å². The Kier molecular flexibility index (Phi) is 4.02. The molecule has 1 aliphatic rings. The van der Waals surface area contributed by atoms with Crippen LogP contribution in [0.5, 0.6) is 0 Å². The minimum Gasteiger partial charge on any atom is -0.368 e. The smallest absolute Gasteiger partial charge is 0.239 e. The standard InChI is InChI=1S/C15H22N2O/c1-10-7-8-11(2)13(9-10)14(15(16)18)17-12-5-3-4-6-12/h7-9,12,14,17H,3-6H2,1-2H3,(H2,16,18). The van der Waals surface area contributed by atoms with E-state index in [1.165, 1.54) is 12.8 Å². The first kappa shape index (κ1) is 13.1. The molecule has 1 aliphatic carbocycles. The maximum Gasteiger partial charge on any atom is 0.239 e. The fraction of sp³-hybridized carbons (Fsp3) is 0.533. The molecular formula is C15H22N2O. The third-order valence-electron chi connectivity index (χ3n) is 3.79. The predicted octanol–water partition coefficient (Wildman–Crippen LogP) is 2.36. The molecule has 3 nitrogen and oxygen atoms in total. The average molecular weight is 246 g/mol. The van der Waals surface area contributed by atoms with Crippen molar-refractivity contribution in [2.24, 2.45) is 5.73 Å². The van der Waals surface area contributed by atoms with Crippen LogP contribution in [0.15, 0.2) is 18.2 Å². The van der Waals surface area contributed by atoms with Gasteiger partial charge in [-0.25, -0.2) is 0 Å². The number of hydrogen-bond acceptors (Lipinski definition) is 2. The molecule has 0 bridgehead atoms. The molecule has 1 amide bonds. The van der Waals surface area contributed by atoms with E-state index in [9.17, 15) is 4.79 Å². The van der Waals surface area contributed by atoms with Gasteiger partial charge in [0.15, 0.2) is 0 Å². The number of amides is 1. The summed E-state index contributed by atoms with van der Waals surface area (Å²) in [5, 5.41) is 3.43. The summed E-state index contributed by atoms with van der Waals surface area (Å²) in [5.74, 6) is -0.282. The number of benzene rings is 1. The fourth-order valence-electron chi connectivity index (χ4n) is 2.72. The molecule has 18 heavy (non-hydrogen) atoms. The molecule has 1 fully saturated rings. The van der Waals surface area contributed by atoms with Crippen molar-refractivity contribution in [3.63, 3.8) is 0 Å². The van der Waals surface area contributed by atoms with Crippen molar-refractivity contribution >= 4 is 5.91 Å². The minimum absolute atomic E-state index is 0.282. The molecule has 1 unspecified atom stereocenters. The minimum atomic E-state index is -0.354. The van der Waals surface area contributed by atoms with Gasteiger partial charge in [-0.15, -0.1) is 0 Å². The maximum atomic E-state index is 11.7. The second-order valence-electron chi connectivity index (χ2n) is 5.34. The van der Waals surface area contributed by atoms with E-state index in [-0.39, 0.29) is 11.9 Å². The second-order valence-corrected chi connectivity index (χ2v) is 5.34. The van der Waals surface area contributed by atoms with Crippen molar-refractivity contribution in [2.45, 2.75) is 51.6 Å². The average Bonchev–Trinajstić information content (AvgIpc) is 2.82. The zero-order chi connectivity index (χ0) is 13.1. The quantitative estimate of drug-likeness (QED) is 0.857. The molecule has 3 N–H and O–H groups in total. The summed E-state index contributed by atoms with van der Waals surface area (Å²) in [6, 6.07) is 6.26. The lowest BCUT2D eigenvalue weighted by atomic mass is 9.97. The largest absolute Gasteiger partial charge is 0.368 e. The number of primary amides is 1. The highest BCUT2D eigenvalue weighted by atomic mass is 16.1. The summed E-state index contributed by atoms with van der Waals surface area (Å²) in [7, 11) is 0.